The first-order valence-electron chi connectivity index (χ1n) is 12.6. The molecule has 0 saturated carbocycles. The highest BCUT2D eigenvalue weighted by Crippen LogP contribution is 2.20. The summed E-state index contributed by atoms with van der Waals surface area (Å²) in [6.07, 6.45) is 21.0. The Bertz CT molecular complexity index is 401. The van der Waals surface area contributed by atoms with Gasteiger partial charge in [-0.25, -0.2) is 0 Å². The van der Waals surface area contributed by atoms with E-state index in [0.29, 0.717) is 6.61 Å². The van der Waals surface area contributed by atoms with Crippen molar-refractivity contribution in [1.82, 2.24) is 0 Å². The van der Waals surface area contributed by atoms with E-state index in [2.05, 4.69) is 19.1 Å². The third-order valence-electron chi connectivity index (χ3n) is 5.97. The van der Waals surface area contributed by atoms with Gasteiger partial charge in [-0.2, -0.15) is 0 Å². The van der Waals surface area contributed by atoms with Crippen molar-refractivity contribution >= 4 is 0 Å². The molecule has 0 amide bonds. The van der Waals surface area contributed by atoms with Crippen molar-refractivity contribution in [1.29, 1.82) is 0 Å². The molecule has 5 heteroatoms. The van der Waals surface area contributed by atoms with Gasteiger partial charge < -0.3 is 24.8 Å². The molecular weight excluding hydrogens is 380 g/mol. The zero-order valence-corrected chi connectivity index (χ0v) is 19.4. The minimum Gasteiger partial charge on any atom is -0.394 e. The summed E-state index contributed by atoms with van der Waals surface area (Å²) in [6.45, 7) is 2.73. The van der Waals surface area contributed by atoms with Crippen molar-refractivity contribution in [3.63, 3.8) is 0 Å². The number of aliphatic hydroxyl groups is 3. The van der Waals surface area contributed by atoms with Crippen LogP contribution in [0.2, 0.25) is 0 Å². The second-order valence-corrected chi connectivity index (χ2v) is 8.74. The monoisotopic (exact) mass is 428 g/mol. The summed E-state index contributed by atoms with van der Waals surface area (Å²) in [7, 11) is 0. The molecule has 1 fully saturated rings. The standard InChI is InChI=1S/C25H48O5/c1-2-3-4-5-6-7-8-9-10-11-12-13-14-15-16-17-18-19-29-23-21-30-25(24(23)28)22(27)20-26/h10-11,22-28H,2-9,12-21H2,1H3/b11-10+/t22-,23+,24+,25+/m1/s1. The van der Waals surface area contributed by atoms with Crippen molar-refractivity contribution in [2.45, 2.75) is 128 Å². The second-order valence-electron chi connectivity index (χ2n) is 8.74. The topological polar surface area (TPSA) is 79.2 Å². The van der Waals surface area contributed by atoms with E-state index in [1.54, 1.807) is 0 Å². The zero-order chi connectivity index (χ0) is 21.9. The number of ether oxygens (including phenoxy) is 2. The Labute approximate surface area is 184 Å². The lowest BCUT2D eigenvalue weighted by molar-refractivity contribution is -0.0730. The summed E-state index contributed by atoms with van der Waals surface area (Å²) in [6, 6.07) is 0. The van der Waals surface area contributed by atoms with E-state index in [1.807, 2.05) is 0 Å². The Morgan fingerprint density at radius 2 is 1.40 bits per heavy atom. The van der Waals surface area contributed by atoms with Gasteiger partial charge in [0, 0.05) is 6.61 Å². The molecule has 0 aromatic rings. The normalized spacial score (nSPS) is 22.9. The average Bonchev–Trinajstić information content (AvgIpc) is 3.12. The fourth-order valence-electron chi connectivity index (χ4n) is 3.97. The first-order valence-corrected chi connectivity index (χ1v) is 12.6. The fourth-order valence-corrected chi connectivity index (χ4v) is 3.97. The molecule has 0 spiro atoms. The highest BCUT2D eigenvalue weighted by atomic mass is 16.6. The Balaban J connectivity index is 1.82. The summed E-state index contributed by atoms with van der Waals surface area (Å²) >= 11 is 0. The van der Waals surface area contributed by atoms with Crippen LogP contribution in [0.5, 0.6) is 0 Å². The Hall–Kier alpha value is -0.460. The fraction of sp³-hybridized carbons (Fsp3) is 0.920. The van der Waals surface area contributed by atoms with Crippen LogP contribution >= 0.6 is 0 Å². The van der Waals surface area contributed by atoms with Crippen molar-refractivity contribution in [3.05, 3.63) is 12.2 Å². The van der Waals surface area contributed by atoms with Crippen molar-refractivity contribution in [3.8, 4) is 0 Å². The van der Waals surface area contributed by atoms with Crippen LogP contribution in [0.15, 0.2) is 12.2 Å². The lowest BCUT2D eigenvalue weighted by atomic mass is 10.1. The molecule has 1 heterocycles. The summed E-state index contributed by atoms with van der Waals surface area (Å²) in [5.41, 5.74) is 0. The van der Waals surface area contributed by atoms with Crippen LogP contribution in [0.1, 0.15) is 103 Å². The van der Waals surface area contributed by atoms with E-state index < -0.39 is 31.0 Å². The van der Waals surface area contributed by atoms with E-state index in [9.17, 15) is 10.2 Å². The lowest BCUT2D eigenvalue weighted by Gasteiger charge is -2.20. The number of unbranched alkanes of at least 4 members (excludes halogenated alkanes) is 13. The van der Waals surface area contributed by atoms with Crippen molar-refractivity contribution in [2.75, 3.05) is 19.8 Å². The lowest BCUT2D eigenvalue weighted by Crippen LogP contribution is -2.41. The molecule has 3 N–H and O–H groups in total. The minimum atomic E-state index is -1.05. The number of hydrogen-bond donors (Lipinski definition) is 3. The van der Waals surface area contributed by atoms with Crippen LogP contribution in [0.4, 0.5) is 0 Å². The quantitative estimate of drug-likeness (QED) is 0.190. The van der Waals surface area contributed by atoms with Crippen LogP contribution in [0, 0.1) is 0 Å². The third kappa shape index (κ3) is 13.1. The number of hydrogen-bond acceptors (Lipinski definition) is 5. The summed E-state index contributed by atoms with van der Waals surface area (Å²) in [5, 5.41) is 28.6. The summed E-state index contributed by atoms with van der Waals surface area (Å²) < 4.78 is 11.0. The molecule has 0 bridgehead atoms. The molecule has 1 aliphatic rings. The van der Waals surface area contributed by atoms with E-state index >= 15 is 0 Å². The van der Waals surface area contributed by atoms with E-state index in [-0.39, 0.29) is 6.61 Å². The van der Waals surface area contributed by atoms with Gasteiger partial charge in [-0.15, -0.1) is 0 Å². The first-order chi connectivity index (χ1) is 14.7. The maximum atomic E-state index is 10.1. The molecule has 5 nitrogen and oxygen atoms in total. The highest BCUT2D eigenvalue weighted by Gasteiger charge is 2.40. The van der Waals surface area contributed by atoms with E-state index in [4.69, 9.17) is 14.6 Å². The molecule has 0 aliphatic carbocycles. The molecular formula is C25H48O5. The van der Waals surface area contributed by atoms with Crippen LogP contribution in [-0.4, -0.2) is 59.6 Å². The van der Waals surface area contributed by atoms with Gasteiger partial charge in [-0.1, -0.05) is 83.3 Å². The predicted molar refractivity (Wildman–Crippen MR) is 123 cm³/mol. The van der Waals surface area contributed by atoms with Gasteiger partial charge in [0.25, 0.3) is 0 Å². The number of aliphatic hydroxyl groups excluding tert-OH is 3. The first kappa shape index (κ1) is 27.6. The Kier molecular flexibility index (Phi) is 17.7. The molecule has 0 unspecified atom stereocenters. The Morgan fingerprint density at radius 3 is 1.97 bits per heavy atom. The summed E-state index contributed by atoms with van der Waals surface area (Å²) in [4.78, 5) is 0. The van der Waals surface area contributed by atoms with E-state index in [0.717, 1.165) is 12.8 Å². The molecule has 4 atom stereocenters. The zero-order valence-electron chi connectivity index (χ0n) is 19.4. The largest absolute Gasteiger partial charge is 0.394 e. The predicted octanol–water partition coefficient (Wildman–Crippen LogP) is 4.91. The molecule has 178 valence electrons. The Morgan fingerprint density at radius 1 is 0.867 bits per heavy atom. The van der Waals surface area contributed by atoms with Gasteiger partial charge in [0.05, 0.1) is 13.2 Å². The van der Waals surface area contributed by atoms with Crippen molar-refractivity contribution < 1.29 is 24.8 Å². The minimum absolute atomic E-state index is 0.273. The van der Waals surface area contributed by atoms with Gasteiger partial charge in [-0.3, -0.25) is 0 Å². The van der Waals surface area contributed by atoms with Crippen LogP contribution in [0.3, 0.4) is 0 Å². The highest BCUT2D eigenvalue weighted by molar-refractivity contribution is 4.88. The second kappa shape index (κ2) is 19.2. The molecule has 0 aromatic carbocycles. The van der Waals surface area contributed by atoms with Crippen LogP contribution in [-0.2, 0) is 9.47 Å². The SMILES string of the molecule is CCCCCCCCC/C=C/CCCCCCCCO[C@H]1CO[C@@H]([C@H](O)CO)[C@H]1O. The molecule has 0 aromatic heterocycles. The maximum Gasteiger partial charge on any atom is 0.114 e. The van der Waals surface area contributed by atoms with Crippen LogP contribution in [0.25, 0.3) is 0 Å². The van der Waals surface area contributed by atoms with Gasteiger partial charge in [-0.05, 0) is 32.1 Å². The van der Waals surface area contributed by atoms with Crippen molar-refractivity contribution in [2.24, 2.45) is 0 Å². The molecule has 1 rings (SSSR count). The number of allylic oxidation sites excluding steroid dienone is 2. The third-order valence-corrected chi connectivity index (χ3v) is 5.97. The molecule has 0 radical (unpaired) electrons. The van der Waals surface area contributed by atoms with E-state index in [1.165, 1.54) is 83.5 Å². The smallest absolute Gasteiger partial charge is 0.114 e. The van der Waals surface area contributed by atoms with Gasteiger partial charge in [0.2, 0.25) is 0 Å². The summed E-state index contributed by atoms with van der Waals surface area (Å²) in [5.74, 6) is 0. The molecule has 30 heavy (non-hydrogen) atoms. The number of rotatable bonds is 20. The van der Waals surface area contributed by atoms with Crippen LogP contribution < -0.4 is 0 Å². The molecule has 1 saturated heterocycles. The van der Waals surface area contributed by atoms with Gasteiger partial charge in [0.1, 0.15) is 24.4 Å². The van der Waals surface area contributed by atoms with Gasteiger partial charge >= 0.3 is 0 Å². The maximum absolute atomic E-state index is 10.1. The van der Waals surface area contributed by atoms with Gasteiger partial charge in [0.15, 0.2) is 0 Å². The average molecular weight is 429 g/mol. The molecule has 1 aliphatic heterocycles.